The van der Waals surface area contributed by atoms with Crippen molar-refractivity contribution in [1.82, 2.24) is 10.7 Å². The van der Waals surface area contributed by atoms with Crippen LogP contribution in [0.15, 0.2) is 70.2 Å². The number of hydrazone groups is 1. The van der Waals surface area contributed by atoms with E-state index in [2.05, 4.69) is 36.5 Å². The number of hydrogen-bond acceptors (Lipinski definition) is 8. The van der Waals surface area contributed by atoms with Crippen LogP contribution in [0.1, 0.15) is 25.0 Å². The summed E-state index contributed by atoms with van der Waals surface area (Å²) in [5.41, 5.74) is 3.87. The third kappa shape index (κ3) is 10.5. The predicted octanol–water partition coefficient (Wildman–Crippen LogP) is 5.35. The van der Waals surface area contributed by atoms with E-state index in [0.717, 1.165) is 5.56 Å². The molecular formula is C30H30BrCl2N3O7. The molecule has 0 aliphatic rings. The molecule has 13 heteroatoms. The van der Waals surface area contributed by atoms with Crippen LogP contribution >= 0.6 is 39.1 Å². The molecule has 3 aromatic carbocycles. The highest BCUT2D eigenvalue weighted by molar-refractivity contribution is 9.10. The highest BCUT2D eigenvalue weighted by Gasteiger charge is 2.25. The standard InChI is InChI=1S/C30H30BrCl2N3O7/c1-4-41-26-14-20(12-22(31)28(26)42-17-27(37)40-3)16-34-36-30(39)24(13-19-8-6-5-7-9-19)35-29(38)18(2)43-25-11-10-21(32)15-23(25)33/h5-12,14-16,18,24H,4,13,17H2,1-3H3,(H,35,38)(H,36,39)/b34-16-/t18-,24+/m0/s1. The van der Waals surface area contributed by atoms with Gasteiger partial charge in [0.05, 0.1) is 29.4 Å². The minimum atomic E-state index is -0.974. The molecule has 0 saturated carbocycles. The van der Waals surface area contributed by atoms with Crippen LogP contribution in [0.3, 0.4) is 0 Å². The molecule has 43 heavy (non-hydrogen) atoms. The second-order valence-corrected chi connectivity index (χ2v) is 10.6. The van der Waals surface area contributed by atoms with Crippen molar-refractivity contribution in [1.29, 1.82) is 0 Å². The Balaban J connectivity index is 1.73. The van der Waals surface area contributed by atoms with Gasteiger partial charge in [-0.05, 0) is 71.2 Å². The van der Waals surface area contributed by atoms with E-state index in [1.165, 1.54) is 19.4 Å². The second kappa shape index (κ2) is 16.7. The van der Waals surface area contributed by atoms with E-state index in [0.29, 0.717) is 33.2 Å². The SMILES string of the molecule is CCOc1cc(/C=N\NC(=O)[C@@H](Cc2ccccc2)NC(=O)[C@H](C)Oc2ccc(Cl)cc2Cl)cc(Br)c1OCC(=O)OC. The van der Waals surface area contributed by atoms with Gasteiger partial charge in [0, 0.05) is 11.4 Å². The Morgan fingerprint density at radius 3 is 2.42 bits per heavy atom. The number of ether oxygens (including phenoxy) is 4. The summed E-state index contributed by atoms with van der Waals surface area (Å²) in [6.07, 6.45) is 0.641. The van der Waals surface area contributed by atoms with Crippen LogP contribution in [0.4, 0.5) is 0 Å². The highest BCUT2D eigenvalue weighted by Crippen LogP contribution is 2.36. The van der Waals surface area contributed by atoms with Crippen molar-refractivity contribution in [3.63, 3.8) is 0 Å². The quantitative estimate of drug-likeness (QED) is 0.132. The van der Waals surface area contributed by atoms with Crippen molar-refractivity contribution in [2.75, 3.05) is 20.3 Å². The first-order valence-electron chi connectivity index (χ1n) is 13.1. The van der Waals surface area contributed by atoms with Crippen LogP contribution in [0.5, 0.6) is 17.2 Å². The maximum atomic E-state index is 13.2. The fourth-order valence-electron chi connectivity index (χ4n) is 3.67. The number of esters is 1. The molecule has 0 unspecified atom stereocenters. The van der Waals surface area contributed by atoms with E-state index in [1.54, 1.807) is 38.1 Å². The third-order valence-electron chi connectivity index (χ3n) is 5.76. The van der Waals surface area contributed by atoms with Crippen LogP contribution in [0.2, 0.25) is 10.0 Å². The third-order valence-corrected chi connectivity index (χ3v) is 6.88. The molecule has 0 radical (unpaired) electrons. The van der Waals surface area contributed by atoms with Crippen LogP contribution in [-0.4, -0.2) is 56.5 Å². The molecule has 0 aromatic heterocycles. The number of nitrogens with one attached hydrogen (secondary N) is 2. The molecule has 2 N–H and O–H groups in total. The van der Waals surface area contributed by atoms with Crippen LogP contribution in [-0.2, 0) is 25.5 Å². The summed E-state index contributed by atoms with van der Waals surface area (Å²) in [7, 11) is 1.26. The Bertz CT molecular complexity index is 1460. The molecule has 2 atom stereocenters. The highest BCUT2D eigenvalue weighted by atomic mass is 79.9. The lowest BCUT2D eigenvalue weighted by Crippen LogP contribution is -2.50. The van der Waals surface area contributed by atoms with Crippen molar-refractivity contribution in [3.05, 3.63) is 86.3 Å². The first kappa shape index (κ1) is 33.7. The normalized spacial score (nSPS) is 12.2. The zero-order valence-corrected chi connectivity index (χ0v) is 26.7. The Labute approximate surface area is 267 Å². The van der Waals surface area contributed by atoms with Gasteiger partial charge in [-0.25, -0.2) is 10.2 Å². The van der Waals surface area contributed by atoms with Crippen molar-refractivity contribution < 1.29 is 33.3 Å². The molecule has 0 aliphatic heterocycles. The Morgan fingerprint density at radius 2 is 1.74 bits per heavy atom. The van der Waals surface area contributed by atoms with Gasteiger partial charge in [0.25, 0.3) is 11.8 Å². The molecule has 228 valence electrons. The maximum absolute atomic E-state index is 13.2. The largest absolute Gasteiger partial charge is 0.490 e. The zero-order chi connectivity index (χ0) is 31.4. The number of halogens is 3. The fraction of sp³-hybridized carbons (Fsp3) is 0.267. The van der Waals surface area contributed by atoms with Gasteiger partial charge in [-0.2, -0.15) is 5.10 Å². The fourth-order valence-corrected chi connectivity index (χ4v) is 4.69. The Kier molecular flexibility index (Phi) is 13.1. The molecular weight excluding hydrogens is 665 g/mol. The second-order valence-electron chi connectivity index (χ2n) is 8.95. The van der Waals surface area contributed by atoms with Gasteiger partial charge in [0.2, 0.25) is 0 Å². The lowest BCUT2D eigenvalue weighted by Gasteiger charge is -2.21. The summed E-state index contributed by atoms with van der Waals surface area (Å²) in [6.45, 7) is 3.38. The number of amides is 2. The molecule has 0 bridgehead atoms. The van der Waals surface area contributed by atoms with E-state index in [1.807, 2.05) is 30.3 Å². The van der Waals surface area contributed by atoms with E-state index in [9.17, 15) is 14.4 Å². The molecule has 2 amide bonds. The predicted molar refractivity (Wildman–Crippen MR) is 167 cm³/mol. The van der Waals surface area contributed by atoms with E-state index in [-0.39, 0.29) is 23.8 Å². The summed E-state index contributed by atoms with van der Waals surface area (Å²) >= 11 is 15.5. The van der Waals surface area contributed by atoms with Gasteiger partial charge in [0.1, 0.15) is 11.8 Å². The lowest BCUT2D eigenvalue weighted by molar-refractivity contribution is -0.143. The van der Waals surface area contributed by atoms with Crippen LogP contribution in [0.25, 0.3) is 0 Å². The van der Waals surface area contributed by atoms with Crippen molar-refractivity contribution in [2.24, 2.45) is 5.10 Å². The van der Waals surface area contributed by atoms with E-state index >= 15 is 0 Å². The molecule has 0 saturated heterocycles. The summed E-state index contributed by atoms with van der Waals surface area (Å²) < 4.78 is 22.0. The average Bonchev–Trinajstić information content (AvgIpc) is 2.98. The van der Waals surface area contributed by atoms with E-state index < -0.39 is 29.9 Å². The molecule has 3 rings (SSSR count). The van der Waals surface area contributed by atoms with E-state index in [4.69, 9.17) is 37.4 Å². The summed E-state index contributed by atoms with van der Waals surface area (Å²) in [4.78, 5) is 37.7. The molecule has 0 aliphatic carbocycles. The van der Waals surface area contributed by atoms with Gasteiger partial charge in [-0.15, -0.1) is 0 Å². The van der Waals surface area contributed by atoms with Gasteiger partial charge in [0.15, 0.2) is 24.2 Å². The number of nitrogens with zero attached hydrogens (tertiary/aromatic N) is 1. The van der Waals surface area contributed by atoms with Gasteiger partial charge < -0.3 is 24.3 Å². The zero-order valence-electron chi connectivity index (χ0n) is 23.6. The number of carbonyl (C=O) groups excluding carboxylic acids is 3. The Hall–Kier alpha value is -3.80. The number of rotatable bonds is 14. The molecule has 3 aromatic rings. The molecule has 0 spiro atoms. The van der Waals surface area contributed by atoms with Gasteiger partial charge in [-0.3, -0.25) is 9.59 Å². The summed E-state index contributed by atoms with van der Waals surface area (Å²) in [6, 6.07) is 16.2. The average molecular weight is 695 g/mol. The summed E-state index contributed by atoms with van der Waals surface area (Å²) in [5.74, 6) is -0.671. The van der Waals surface area contributed by atoms with Gasteiger partial charge >= 0.3 is 5.97 Å². The number of hydrogen-bond donors (Lipinski definition) is 2. The minimum Gasteiger partial charge on any atom is -0.490 e. The summed E-state index contributed by atoms with van der Waals surface area (Å²) in [5, 5.41) is 7.49. The first-order chi connectivity index (χ1) is 20.6. The van der Waals surface area contributed by atoms with Crippen molar-refractivity contribution in [3.8, 4) is 17.2 Å². The molecule has 10 nitrogen and oxygen atoms in total. The number of methoxy groups -OCH3 is 1. The molecule has 0 fully saturated rings. The van der Waals surface area contributed by atoms with Crippen LogP contribution in [0, 0.1) is 0 Å². The van der Waals surface area contributed by atoms with Crippen LogP contribution < -0.4 is 25.0 Å². The first-order valence-corrected chi connectivity index (χ1v) is 14.6. The number of carbonyl (C=O) groups is 3. The van der Waals surface area contributed by atoms with Gasteiger partial charge in [-0.1, -0.05) is 53.5 Å². The lowest BCUT2D eigenvalue weighted by atomic mass is 10.1. The monoisotopic (exact) mass is 693 g/mol. The Morgan fingerprint density at radius 1 is 1.00 bits per heavy atom. The molecule has 0 heterocycles. The van der Waals surface area contributed by atoms with Crippen molar-refractivity contribution in [2.45, 2.75) is 32.4 Å². The smallest absolute Gasteiger partial charge is 0.343 e. The number of benzene rings is 3. The van der Waals surface area contributed by atoms with Crippen molar-refractivity contribution >= 4 is 63.1 Å². The topological polar surface area (TPSA) is 125 Å². The maximum Gasteiger partial charge on any atom is 0.343 e. The minimum absolute atomic E-state index is 0.203.